The average Bonchev–Trinajstić information content (AvgIpc) is 3.22. The van der Waals surface area contributed by atoms with Crippen molar-refractivity contribution in [2.45, 2.75) is 65.9 Å². The summed E-state index contributed by atoms with van der Waals surface area (Å²) in [5.74, 6) is 0.420. The van der Waals surface area contributed by atoms with Crippen molar-refractivity contribution in [2.24, 2.45) is 7.05 Å². The number of likely N-dealkylation sites (tertiary alicyclic amines) is 1. The number of hydrogen-bond donors (Lipinski definition) is 1. The van der Waals surface area contributed by atoms with Crippen LogP contribution in [0.3, 0.4) is 0 Å². The highest BCUT2D eigenvalue weighted by atomic mass is 16.6. The van der Waals surface area contributed by atoms with Gasteiger partial charge in [0.25, 0.3) is 5.56 Å². The van der Waals surface area contributed by atoms with E-state index >= 15 is 0 Å². The zero-order valence-electron chi connectivity index (χ0n) is 23.0. The average molecular weight is 500 g/mol. The smallest absolute Gasteiger partial charge is 0.410 e. The summed E-state index contributed by atoms with van der Waals surface area (Å²) in [5, 5.41) is 2.48. The number of ether oxygens (including phenoxy) is 1. The lowest BCUT2D eigenvalue weighted by Gasteiger charge is -2.33. The minimum Gasteiger partial charge on any atom is -0.444 e. The number of rotatable bonds is 2. The first-order valence-corrected chi connectivity index (χ1v) is 13.1. The molecule has 0 spiro atoms. The van der Waals surface area contributed by atoms with E-state index in [2.05, 4.69) is 42.2 Å². The van der Waals surface area contributed by atoms with Crippen molar-refractivity contribution in [3.8, 4) is 11.1 Å². The van der Waals surface area contributed by atoms with Gasteiger partial charge in [0, 0.05) is 59.3 Å². The fraction of sp³-hybridized carbons (Fsp3) is 0.419. The molecule has 1 fully saturated rings. The third-order valence-corrected chi connectivity index (χ3v) is 7.78. The van der Waals surface area contributed by atoms with Gasteiger partial charge in [-0.15, -0.1) is 0 Å². The highest BCUT2D eigenvalue weighted by Gasteiger charge is 2.27. The Bertz CT molecular complexity index is 1580. The molecule has 4 aromatic rings. The van der Waals surface area contributed by atoms with Gasteiger partial charge in [-0.25, -0.2) is 4.79 Å². The molecule has 1 N–H and O–H groups in total. The molecular weight excluding hydrogens is 462 g/mol. The Hall–Kier alpha value is -3.54. The van der Waals surface area contributed by atoms with Crippen LogP contribution in [0.2, 0.25) is 0 Å². The summed E-state index contributed by atoms with van der Waals surface area (Å²) in [5.41, 5.74) is 8.35. The molecule has 0 bridgehead atoms. The molecule has 0 atom stereocenters. The number of hydrogen-bond acceptors (Lipinski definition) is 3. The van der Waals surface area contributed by atoms with Crippen molar-refractivity contribution >= 4 is 27.9 Å². The number of H-pyrrole nitrogens is 1. The van der Waals surface area contributed by atoms with Crippen molar-refractivity contribution in [1.82, 2.24) is 14.5 Å². The Morgan fingerprint density at radius 1 is 1.00 bits per heavy atom. The number of carbonyl (C=O) groups excluding carboxylic acids is 1. The summed E-state index contributed by atoms with van der Waals surface area (Å²) in [6.07, 6.45) is 3.59. The second kappa shape index (κ2) is 9.09. The Morgan fingerprint density at radius 2 is 1.70 bits per heavy atom. The maximum atomic E-state index is 12.5. The first-order valence-electron chi connectivity index (χ1n) is 13.1. The van der Waals surface area contributed by atoms with Crippen LogP contribution in [0.4, 0.5) is 4.79 Å². The van der Waals surface area contributed by atoms with Gasteiger partial charge < -0.3 is 19.2 Å². The summed E-state index contributed by atoms with van der Waals surface area (Å²) in [6, 6.07) is 11.2. The van der Waals surface area contributed by atoms with E-state index in [0.717, 1.165) is 46.1 Å². The van der Waals surface area contributed by atoms with Crippen molar-refractivity contribution < 1.29 is 9.53 Å². The minimum atomic E-state index is -0.472. The Labute approximate surface area is 218 Å². The van der Waals surface area contributed by atoms with E-state index in [0.29, 0.717) is 19.0 Å². The molecule has 37 heavy (non-hydrogen) atoms. The molecule has 1 amide bonds. The van der Waals surface area contributed by atoms with Crippen molar-refractivity contribution in [1.29, 1.82) is 0 Å². The van der Waals surface area contributed by atoms with E-state index in [1.165, 1.54) is 21.9 Å². The van der Waals surface area contributed by atoms with Gasteiger partial charge in [-0.2, -0.15) is 0 Å². The maximum absolute atomic E-state index is 12.5. The van der Waals surface area contributed by atoms with Crippen LogP contribution in [0.1, 0.15) is 61.8 Å². The van der Waals surface area contributed by atoms with Crippen LogP contribution in [-0.2, 0) is 11.8 Å². The molecule has 5 rings (SSSR count). The van der Waals surface area contributed by atoms with Crippen LogP contribution in [0, 0.1) is 20.8 Å². The Balaban J connectivity index is 1.46. The van der Waals surface area contributed by atoms with Crippen LogP contribution in [-0.4, -0.2) is 39.2 Å². The van der Waals surface area contributed by atoms with Crippen molar-refractivity contribution in [3.05, 3.63) is 69.1 Å². The molecule has 0 unspecified atom stereocenters. The quantitative estimate of drug-likeness (QED) is 0.333. The van der Waals surface area contributed by atoms with Crippen molar-refractivity contribution in [2.75, 3.05) is 13.1 Å². The van der Waals surface area contributed by atoms with Crippen LogP contribution < -0.4 is 5.56 Å². The first-order chi connectivity index (χ1) is 17.4. The Morgan fingerprint density at radius 3 is 2.38 bits per heavy atom. The molecule has 194 valence electrons. The molecule has 0 saturated carbocycles. The number of aryl methyl sites for hydroxylation is 2. The number of nitrogens with one attached hydrogen (secondary N) is 1. The normalized spacial score (nSPS) is 15.1. The summed E-state index contributed by atoms with van der Waals surface area (Å²) in [6.45, 7) is 13.2. The number of carbonyl (C=O) groups is 1. The number of piperidine rings is 1. The van der Waals surface area contributed by atoms with Gasteiger partial charge in [-0.05, 0) is 101 Å². The molecule has 6 heteroatoms. The lowest BCUT2D eigenvalue weighted by molar-refractivity contribution is 0.0205. The third-order valence-electron chi connectivity index (χ3n) is 7.78. The molecule has 1 saturated heterocycles. The van der Waals surface area contributed by atoms with Crippen LogP contribution in [0.15, 0.2) is 41.3 Å². The molecule has 2 aromatic carbocycles. The lowest BCUT2D eigenvalue weighted by Crippen LogP contribution is -2.41. The second-order valence-electron chi connectivity index (χ2n) is 11.6. The van der Waals surface area contributed by atoms with Crippen LogP contribution >= 0.6 is 0 Å². The van der Waals surface area contributed by atoms with Gasteiger partial charge >= 0.3 is 6.09 Å². The fourth-order valence-corrected chi connectivity index (χ4v) is 5.66. The van der Waals surface area contributed by atoms with Crippen LogP contribution in [0.25, 0.3) is 32.9 Å². The number of benzene rings is 2. The van der Waals surface area contributed by atoms with Gasteiger partial charge in [0.05, 0.1) is 0 Å². The highest BCUT2D eigenvalue weighted by molar-refractivity contribution is 6.10. The predicted molar refractivity (Wildman–Crippen MR) is 150 cm³/mol. The van der Waals surface area contributed by atoms with Gasteiger partial charge in [-0.3, -0.25) is 4.79 Å². The first kappa shape index (κ1) is 25.1. The van der Waals surface area contributed by atoms with Crippen molar-refractivity contribution in [3.63, 3.8) is 0 Å². The zero-order chi connectivity index (χ0) is 26.6. The molecular formula is C31H37N3O3. The minimum absolute atomic E-state index is 0.0501. The van der Waals surface area contributed by atoms with Gasteiger partial charge in [0.15, 0.2) is 0 Å². The number of aromatic nitrogens is 2. The molecule has 1 aliphatic heterocycles. The summed E-state index contributed by atoms with van der Waals surface area (Å²) in [4.78, 5) is 30.3. The van der Waals surface area contributed by atoms with Gasteiger partial charge in [0.2, 0.25) is 0 Å². The van der Waals surface area contributed by atoms with Gasteiger partial charge in [-0.1, -0.05) is 12.1 Å². The largest absolute Gasteiger partial charge is 0.444 e. The molecule has 6 nitrogen and oxygen atoms in total. The van der Waals surface area contributed by atoms with Gasteiger partial charge in [0.1, 0.15) is 5.60 Å². The van der Waals surface area contributed by atoms with Crippen LogP contribution in [0.5, 0.6) is 0 Å². The monoisotopic (exact) mass is 499 g/mol. The SMILES string of the molecule is Cc1c(-c2cc(C)c3c(c2)[nH]c2ccc(C4CCN(C(=O)OC(C)(C)C)CC4)cc23)cn(C)c(=O)c1C. The maximum Gasteiger partial charge on any atom is 0.410 e. The molecule has 0 aliphatic carbocycles. The number of nitrogens with zero attached hydrogens (tertiary/aromatic N) is 2. The molecule has 1 aliphatic rings. The summed E-state index contributed by atoms with van der Waals surface area (Å²) >= 11 is 0. The molecule has 0 radical (unpaired) electrons. The van der Waals surface area contributed by atoms with E-state index in [1.807, 2.05) is 52.8 Å². The van der Waals surface area contributed by atoms with E-state index in [4.69, 9.17) is 4.74 Å². The fourth-order valence-electron chi connectivity index (χ4n) is 5.66. The molecule has 2 aromatic heterocycles. The van der Waals surface area contributed by atoms with E-state index in [1.54, 1.807) is 4.57 Å². The van der Waals surface area contributed by atoms with E-state index in [-0.39, 0.29) is 11.7 Å². The number of aromatic amines is 1. The number of pyridine rings is 1. The predicted octanol–water partition coefficient (Wildman–Crippen LogP) is 6.73. The Kier molecular flexibility index (Phi) is 6.17. The number of fused-ring (bicyclic) bond motifs is 3. The summed E-state index contributed by atoms with van der Waals surface area (Å²) in [7, 11) is 1.81. The zero-order valence-corrected chi connectivity index (χ0v) is 23.0. The molecule has 3 heterocycles. The standard InChI is InChI=1S/C31H37N3O3/c1-18-14-23(25-17-33(7)29(35)20(3)19(25)2)16-27-28(18)24-15-22(8-9-26(24)32-27)21-10-12-34(13-11-21)30(36)37-31(4,5)6/h8-9,14-17,21,32H,10-13H2,1-7H3. The number of amides is 1. The summed E-state index contributed by atoms with van der Waals surface area (Å²) < 4.78 is 7.23. The topological polar surface area (TPSA) is 67.3 Å². The third kappa shape index (κ3) is 4.65. The second-order valence-corrected chi connectivity index (χ2v) is 11.6. The lowest BCUT2D eigenvalue weighted by atomic mass is 9.88. The van der Waals surface area contributed by atoms with E-state index < -0.39 is 5.60 Å². The highest BCUT2D eigenvalue weighted by Crippen LogP contribution is 2.37. The van der Waals surface area contributed by atoms with E-state index in [9.17, 15) is 9.59 Å².